The van der Waals surface area contributed by atoms with E-state index in [0.29, 0.717) is 50.0 Å². The molecule has 1 N–H and O–H groups in total. The average Bonchev–Trinajstić information content (AvgIpc) is 3.36. The Labute approximate surface area is 169 Å². The number of halogens is 1. The third kappa shape index (κ3) is 3.32. The van der Waals surface area contributed by atoms with Gasteiger partial charge in [0.05, 0.1) is 23.3 Å². The first kappa shape index (κ1) is 19.6. The molecular weight excluding hydrogens is 373 g/mol. The van der Waals surface area contributed by atoms with Crippen molar-refractivity contribution in [2.75, 3.05) is 13.1 Å². The van der Waals surface area contributed by atoms with Gasteiger partial charge in [-0.3, -0.25) is 9.48 Å². The summed E-state index contributed by atoms with van der Waals surface area (Å²) >= 11 is 0. The number of nitrogens with zero attached hydrogens (tertiary/aromatic N) is 3. The maximum Gasteiger partial charge on any atom is 0.339 e. The van der Waals surface area contributed by atoms with Gasteiger partial charge in [-0.1, -0.05) is 31.0 Å². The second-order valence-corrected chi connectivity index (χ2v) is 8.19. The summed E-state index contributed by atoms with van der Waals surface area (Å²) in [6.07, 6.45) is 6.05. The number of aromatic carboxylic acids is 1. The van der Waals surface area contributed by atoms with E-state index in [0.717, 1.165) is 12.8 Å². The van der Waals surface area contributed by atoms with Crippen molar-refractivity contribution in [3.8, 4) is 0 Å². The summed E-state index contributed by atoms with van der Waals surface area (Å²) in [6, 6.07) is 6.73. The maximum absolute atomic E-state index is 14.6. The van der Waals surface area contributed by atoms with E-state index >= 15 is 0 Å². The largest absolute Gasteiger partial charge is 0.478 e. The Morgan fingerprint density at radius 2 is 1.83 bits per heavy atom. The van der Waals surface area contributed by atoms with Crippen LogP contribution in [0.3, 0.4) is 0 Å². The molecule has 0 atom stereocenters. The number of benzene rings is 1. The van der Waals surface area contributed by atoms with Crippen LogP contribution >= 0.6 is 0 Å². The van der Waals surface area contributed by atoms with E-state index in [1.807, 2.05) is 4.90 Å². The minimum Gasteiger partial charge on any atom is -0.478 e. The Balaban J connectivity index is 1.51. The summed E-state index contributed by atoms with van der Waals surface area (Å²) in [5.41, 5.74) is 0.628. The summed E-state index contributed by atoms with van der Waals surface area (Å²) in [7, 11) is 0. The molecule has 0 spiro atoms. The van der Waals surface area contributed by atoms with E-state index < -0.39 is 11.4 Å². The minimum absolute atomic E-state index is 0.0296. The Morgan fingerprint density at radius 1 is 1.17 bits per heavy atom. The third-order valence-corrected chi connectivity index (χ3v) is 6.63. The molecule has 0 radical (unpaired) electrons. The second-order valence-electron chi connectivity index (χ2n) is 8.19. The quantitative estimate of drug-likeness (QED) is 0.851. The highest BCUT2D eigenvalue weighted by Gasteiger charge is 2.47. The van der Waals surface area contributed by atoms with E-state index in [1.54, 1.807) is 29.8 Å². The second kappa shape index (κ2) is 7.61. The van der Waals surface area contributed by atoms with Gasteiger partial charge in [0, 0.05) is 18.7 Å². The summed E-state index contributed by atoms with van der Waals surface area (Å²) in [4.78, 5) is 26.7. The van der Waals surface area contributed by atoms with Crippen LogP contribution in [-0.4, -0.2) is 44.8 Å². The molecule has 2 fully saturated rings. The molecule has 2 aliphatic rings. The lowest BCUT2D eigenvalue weighted by molar-refractivity contribution is -0.138. The van der Waals surface area contributed by atoms with Crippen molar-refractivity contribution < 1.29 is 19.1 Å². The van der Waals surface area contributed by atoms with Crippen LogP contribution < -0.4 is 0 Å². The molecule has 0 bridgehead atoms. The SMILES string of the molecule is Cc1c(C(=O)O)cnn1C1CCN(C(=O)C2(c3ccccc3F)CCCC2)CC1. The Morgan fingerprint density at radius 3 is 2.41 bits per heavy atom. The fourth-order valence-electron chi connectivity index (χ4n) is 5.04. The van der Waals surface area contributed by atoms with Crippen molar-refractivity contribution in [1.82, 2.24) is 14.7 Å². The van der Waals surface area contributed by atoms with Gasteiger partial charge in [-0.25, -0.2) is 9.18 Å². The number of carboxylic acids is 1. The zero-order valence-corrected chi connectivity index (χ0v) is 16.6. The molecule has 0 unspecified atom stereocenters. The molecule has 2 heterocycles. The molecule has 1 aromatic carbocycles. The number of carboxylic acid groups (broad SMARTS) is 1. The highest BCUT2D eigenvalue weighted by atomic mass is 19.1. The lowest BCUT2D eigenvalue weighted by Gasteiger charge is -2.39. The first-order valence-corrected chi connectivity index (χ1v) is 10.3. The lowest BCUT2D eigenvalue weighted by atomic mass is 9.76. The number of piperidine rings is 1. The normalized spacial score (nSPS) is 19.4. The number of aromatic nitrogens is 2. The van der Waals surface area contributed by atoms with Gasteiger partial charge < -0.3 is 10.0 Å². The number of rotatable bonds is 4. The molecule has 154 valence electrons. The van der Waals surface area contributed by atoms with E-state index in [2.05, 4.69) is 5.10 Å². The van der Waals surface area contributed by atoms with Crippen LogP contribution in [0.25, 0.3) is 0 Å². The first-order valence-electron chi connectivity index (χ1n) is 10.3. The molecular formula is C22H26FN3O3. The van der Waals surface area contributed by atoms with Gasteiger partial charge in [-0.2, -0.15) is 5.10 Å². The van der Waals surface area contributed by atoms with Gasteiger partial charge in [0.15, 0.2) is 0 Å². The molecule has 7 heteroatoms. The number of carbonyl (C=O) groups is 2. The van der Waals surface area contributed by atoms with Crippen LogP contribution in [0.1, 0.15) is 66.2 Å². The molecule has 1 saturated heterocycles. The van der Waals surface area contributed by atoms with E-state index in [1.165, 1.54) is 12.3 Å². The minimum atomic E-state index is -0.977. The van der Waals surface area contributed by atoms with Crippen LogP contribution in [-0.2, 0) is 10.2 Å². The summed E-state index contributed by atoms with van der Waals surface area (Å²) in [5.74, 6) is -1.25. The standard InChI is InChI=1S/C22H26FN3O3/c1-15-17(20(27)28)14-24-26(15)16-8-12-25(13-9-16)21(29)22(10-4-5-11-22)18-6-2-3-7-19(18)23/h2-3,6-7,14,16H,4-5,8-13H2,1H3,(H,27,28). The van der Waals surface area contributed by atoms with Crippen molar-refractivity contribution in [3.63, 3.8) is 0 Å². The fraction of sp³-hybridized carbons (Fsp3) is 0.500. The molecule has 29 heavy (non-hydrogen) atoms. The molecule has 1 aliphatic carbocycles. The summed E-state index contributed by atoms with van der Waals surface area (Å²) in [6.45, 7) is 2.91. The molecule has 1 saturated carbocycles. The number of amides is 1. The van der Waals surface area contributed by atoms with Crippen LogP contribution in [0.4, 0.5) is 4.39 Å². The van der Waals surface area contributed by atoms with E-state index in [9.17, 15) is 19.1 Å². The topological polar surface area (TPSA) is 75.4 Å². The predicted molar refractivity (Wildman–Crippen MR) is 105 cm³/mol. The highest BCUT2D eigenvalue weighted by molar-refractivity contribution is 5.89. The Kier molecular flexibility index (Phi) is 5.15. The molecule has 1 amide bonds. The monoisotopic (exact) mass is 399 g/mol. The number of hydrogen-bond acceptors (Lipinski definition) is 3. The summed E-state index contributed by atoms with van der Waals surface area (Å²) in [5, 5.41) is 13.5. The number of hydrogen-bond donors (Lipinski definition) is 1. The van der Waals surface area contributed by atoms with Gasteiger partial charge in [0.1, 0.15) is 11.4 Å². The smallest absolute Gasteiger partial charge is 0.339 e. The van der Waals surface area contributed by atoms with Crippen LogP contribution in [0.15, 0.2) is 30.5 Å². The number of carbonyl (C=O) groups excluding carboxylic acids is 1. The first-order chi connectivity index (χ1) is 13.9. The Bertz CT molecular complexity index is 925. The molecule has 4 rings (SSSR count). The van der Waals surface area contributed by atoms with Gasteiger partial charge in [-0.05, 0) is 38.7 Å². The maximum atomic E-state index is 14.6. The van der Waals surface area contributed by atoms with Crippen molar-refractivity contribution in [2.45, 2.75) is 56.9 Å². The zero-order chi connectivity index (χ0) is 20.6. The molecule has 2 aromatic rings. The van der Waals surface area contributed by atoms with Crippen molar-refractivity contribution in [3.05, 3.63) is 53.1 Å². The van der Waals surface area contributed by atoms with Gasteiger partial charge in [0.25, 0.3) is 0 Å². The Hall–Kier alpha value is -2.70. The van der Waals surface area contributed by atoms with Crippen molar-refractivity contribution in [1.29, 1.82) is 0 Å². The zero-order valence-electron chi connectivity index (χ0n) is 16.6. The third-order valence-electron chi connectivity index (χ3n) is 6.63. The molecule has 1 aromatic heterocycles. The molecule has 1 aliphatic heterocycles. The highest BCUT2D eigenvalue weighted by Crippen LogP contribution is 2.44. The van der Waals surface area contributed by atoms with Crippen LogP contribution in [0.5, 0.6) is 0 Å². The fourth-order valence-corrected chi connectivity index (χ4v) is 5.04. The van der Waals surface area contributed by atoms with Crippen molar-refractivity contribution in [2.24, 2.45) is 0 Å². The van der Waals surface area contributed by atoms with Gasteiger partial charge in [0.2, 0.25) is 5.91 Å². The average molecular weight is 399 g/mol. The van der Waals surface area contributed by atoms with Crippen LogP contribution in [0.2, 0.25) is 0 Å². The predicted octanol–water partition coefficient (Wildman–Crippen LogP) is 3.70. The van der Waals surface area contributed by atoms with E-state index in [4.69, 9.17) is 0 Å². The number of likely N-dealkylation sites (tertiary alicyclic amines) is 1. The van der Waals surface area contributed by atoms with Crippen molar-refractivity contribution >= 4 is 11.9 Å². The van der Waals surface area contributed by atoms with Gasteiger partial charge >= 0.3 is 5.97 Å². The summed E-state index contributed by atoms with van der Waals surface area (Å²) < 4.78 is 16.4. The van der Waals surface area contributed by atoms with E-state index in [-0.39, 0.29) is 23.3 Å². The van der Waals surface area contributed by atoms with Crippen LogP contribution in [0, 0.1) is 12.7 Å². The lowest BCUT2D eigenvalue weighted by Crippen LogP contribution is -2.49. The van der Waals surface area contributed by atoms with Gasteiger partial charge in [-0.15, -0.1) is 0 Å². The molecule has 6 nitrogen and oxygen atoms in total.